The predicted molar refractivity (Wildman–Crippen MR) is 130 cm³/mol. The average molecular weight is 477 g/mol. The number of aryl methyl sites for hydroxylation is 1. The number of benzene rings is 2. The average Bonchev–Trinajstić information content (AvgIpc) is 3.49. The van der Waals surface area contributed by atoms with E-state index in [0.717, 1.165) is 16.9 Å². The number of anilines is 1. The Bertz CT molecular complexity index is 1270. The zero-order chi connectivity index (χ0) is 23.9. The van der Waals surface area contributed by atoms with Gasteiger partial charge in [0.15, 0.2) is 11.0 Å². The van der Waals surface area contributed by atoms with Gasteiger partial charge in [-0.15, -0.1) is 10.2 Å². The van der Waals surface area contributed by atoms with Gasteiger partial charge in [-0.1, -0.05) is 36.0 Å². The zero-order valence-corrected chi connectivity index (χ0v) is 19.7. The van der Waals surface area contributed by atoms with Gasteiger partial charge < -0.3 is 14.5 Å². The maximum absolute atomic E-state index is 12.6. The molecule has 0 unspecified atom stereocenters. The topological polar surface area (TPSA) is 99.2 Å². The first kappa shape index (κ1) is 23.3. The van der Waals surface area contributed by atoms with Crippen molar-refractivity contribution in [3.8, 4) is 11.4 Å². The fourth-order valence-corrected chi connectivity index (χ4v) is 4.09. The number of carbonyl (C=O) groups excluding carboxylic acids is 2. The number of esters is 1. The first-order valence-corrected chi connectivity index (χ1v) is 11.7. The highest BCUT2D eigenvalue weighted by Gasteiger charge is 2.18. The molecule has 34 heavy (non-hydrogen) atoms. The molecule has 174 valence electrons. The minimum atomic E-state index is -0.392. The smallest absolute Gasteiger partial charge is 0.338 e. The van der Waals surface area contributed by atoms with Crippen molar-refractivity contribution in [1.29, 1.82) is 0 Å². The van der Waals surface area contributed by atoms with E-state index >= 15 is 0 Å². The Labute approximate surface area is 201 Å². The largest absolute Gasteiger partial charge is 0.467 e. The third kappa shape index (κ3) is 5.55. The van der Waals surface area contributed by atoms with Crippen LogP contribution >= 0.6 is 11.8 Å². The molecule has 0 aliphatic rings. The van der Waals surface area contributed by atoms with E-state index in [1.807, 2.05) is 47.9 Å². The van der Waals surface area contributed by atoms with Crippen LogP contribution in [0.2, 0.25) is 0 Å². The highest BCUT2D eigenvalue weighted by Crippen LogP contribution is 2.27. The van der Waals surface area contributed by atoms with Gasteiger partial charge in [0, 0.05) is 11.3 Å². The number of nitrogens with zero attached hydrogens (tertiary/aromatic N) is 3. The van der Waals surface area contributed by atoms with Crippen LogP contribution in [0.25, 0.3) is 11.4 Å². The number of ether oxygens (including phenoxy) is 1. The number of rotatable bonds is 9. The van der Waals surface area contributed by atoms with Crippen LogP contribution in [0.5, 0.6) is 0 Å². The summed E-state index contributed by atoms with van der Waals surface area (Å²) >= 11 is 1.29. The van der Waals surface area contributed by atoms with Gasteiger partial charge in [-0.2, -0.15) is 0 Å². The number of thioether (sulfide) groups is 1. The first-order chi connectivity index (χ1) is 16.5. The molecule has 1 amide bonds. The van der Waals surface area contributed by atoms with Crippen LogP contribution in [0.3, 0.4) is 0 Å². The summed E-state index contributed by atoms with van der Waals surface area (Å²) in [4.78, 5) is 24.3. The Morgan fingerprint density at radius 1 is 1.06 bits per heavy atom. The maximum atomic E-state index is 12.6. The molecule has 0 spiro atoms. The second kappa shape index (κ2) is 10.8. The molecule has 0 saturated heterocycles. The van der Waals surface area contributed by atoms with Crippen molar-refractivity contribution in [3.05, 3.63) is 83.8 Å². The molecule has 8 nitrogen and oxygen atoms in total. The number of furan rings is 1. The van der Waals surface area contributed by atoms with Crippen LogP contribution in [0, 0.1) is 6.92 Å². The monoisotopic (exact) mass is 476 g/mol. The molecule has 2 heterocycles. The van der Waals surface area contributed by atoms with Crippen LogP contribution < -0.4 is 5.32 Å². The van der Waals surface area contributed by atoms with Crippen molar-refractivity contribution in [2.45, 2.75) is 25.5 Å². The number of hydrogen-bond donors (Lipinski definition) is 1. The molecule has 9 heteroatoms. The Kier molecular flexibility index (Phi) is 7.44. The highest BCUT2D eigenvalue weighted by atomic mass is 32.2. The van der Waals surface area contributed by atoms with Gasteiger partial charge in [-0.25, -0.2) is 4.79 Å². The standard InChI is InChI=1S/C25H24N4O4S/c1-3-32-24(31)18-10-12-19(13-11-18)26-22(30)16-34-25-28-27-23(21-9-5-4-7-17(21)2)29(25)15-20-8-6-14-33-20/h4-14H,3,15-16H2,1-2H3,(H,26,30). The van der Waals surface area contributed by atoms with Crippen LogP contribution in [-0.4, -0.2) is 39.0 Å². The molecule has 0 atom stereocenters. The summed E-state index contributed by atoms with van der Waals surface area (Å²) in [6, 6.07) is 18.3. The van der Waals surface area contributed by atoms with Crippen molar-refractivity contribution in [1.82, 2.24) is 14.8 Å². The molecular formula is C25H24N4O4S. The second-order valence-corrected chi connectivity index (χ2v) is 8.36. The summed E-state index contributed by atoms with van der Waals surface area (Å²) in [5.74, 6) is 1.04. The third-order valence-corrected chi connectivity index (χ3v) is 5.98. The quantitative estimate of drug-likeness (QED) is 0.274. The normalized spacial score (nSPS) is 10.8. The Hall–Kier alpha value is -3.85. The van der Waals surface area contributed by atoms with Gasteiger partial charge in [-0.3, -0.25) is 9.36 Å². The minimum Gasteiger partial charge on any atom is -0.467 e. The Balaban J connectivity index is 1.46. The van der Waals surface area contributed by atoms with E-state index in [2.05, 4.69) is 15.5 Å². The molecule has 0 fully saturated rings. The van der Waals surface area contributed by atoms with E-state index in [9.17, 15) is 9.59 Å². The molecule has 2 aromatic heterocycles. The third-order valence-electron chi connectivity index (χ3n) is 5.01. The lowest BCUT2D eigenvalue weighted by atomic mass is 10.1. The Morgan fingerprint density at radius 2 is 1.85 bits per heavy atom. The summed E-state index contributed by atoms with van der Waals surface area (Å²) in [5, 5.41) is 12.2. The number of hydrogen-bond acceptors (Lipinski definition) is 7. The van der Waals surface area contributed by atoms with Crippen molar-refractivity contribution in [2.75, 3.05) is 17.7 Å². The zero-order valence-electron chi connectivity index (χ0n) is 18.9. The molecule has 2 aromatic carbocycles. The van der Waals surface area contributed by atoms with Crippen molar-refractivity contribution >= 4 is 29.3 Å². The van der Waals surface area contributed by atoms with E-state index < -0.39 is 5.97 Å². The lowest BCUT2D eigenvalue weighted by molar-refractivity contribution is -0.113. The van der Waals surface area contributed by atoms with Gasteiger partial charge >= 0.3 is 5.97 Å². The molecule has 0 aliphatic carbocycles. The van der Waals surface area contributed by atoms with Crippen LogP contribution in [0.1, 0.15) is 28.6 Å². The van der Waals surface area contributed by atoms with E-state index in [0.29, 0.717) is 35.4 Å². The second-order valence-electron chi connectivity index (χ2n) is 7.42. The minimum absolute atomic E-state index is 0.143. The summed E-state index contributed by atoms with van der Waals surface area (Å²) in [6.45, 7) is 4.53. The van der Waals surface area contributed by atoms with Crippen LogP contribution in [0.4, 0.5) is 5.69 Å². The van der Waals surface area contributed by atoms with Crippen LogP contribution in [0.15, 0.2) is 76.5 Å². The maximum Gasteiger partial charge on any atom is 0.338 e. The van der Waals surface area contributed by atoms with Crippen molar-refractivity contribution in [3.63, 3.8) is 0 Å². The highest BCUT2D eigenvalue weighted by molar-refractivity contribution is 7.99. The van der Waals surface area contributed by atoms with Crippen molar-refractivity contribution in [2.24, 2.45) is 0 Å². The summed E-state index contributed by atoms with van der Waals surface area (Å²) in [5.41, 5.74) is 3.08. The fourth-order valence-electron chi connectivity index (χ4n) is 3.35. The first-order valence-electron chi connectivity index (χ1n) is 10.8. The number of amides is 1. The number of nitrogens with one attached hydrogen (secondary N) is 1. The molecule has 0 bridgehead atoms. The molecule has 1 N–H and O–H groups in total. The fraction of sp³-hybridized carbons (Fsp3) is 0.200. The van der Waals surface area contributed by atoms with Gasteiger partial charge in [0.1, 0.15) is 5.76 Å². The van der Waals surface area contributed by atoms with Gasteiger partial charge in [0.05, 0.1) is 30.7 Å². The predicted octanol–water partition coefficient (Wildman–Crippen LogP) is 4.80. The molecule has 0 radical (unpaired) electrons. The lowest BCUT2D eigenvalue weighted by Gasteiger charge is -2.10. The summed E-state index contributed by atoms with van der Waals surface area (Å²) in [7, 11) is 0. The molecule has 0 saturated carbocycles. The number of carbonyl (C=O) groups is 2. The van der Waals surface area contributed by atoms with Gasteiger partial charge in [-0.05, 0) is 55.8 Å². The Morgan fingerprint density at radius 3 is 2.56 bits per heavy atom. The number of aromatic nitrogens is 3. The summed E-state index contributed by atoms with van der Waals surface area (Å²) < 4.78 is 12.5. The molecule has 0 aliphatic heterocycles. The van der Waals surface area contributed by atoms with Crippen LogP contribution in [-0.2, 0) is 16.1 Å². The van der Waals surface area contributed by atoms with Gasteiger partial charge in [0.2, 0.25) is 5.91 Å². The van der Waals surface area contributed by atoms with E-state index in [1.54, 1.807) is 37.5 Å². The summed E-state index contributed by atoms with van der Waals surface area (Å²) in [6.07, 6.45) is 1.63. The van der Waals surface area contributed by atoms with Crippen molar-refractivity contribution < 1.29 is 18.7 Å². The van der Waals surface area contributed by atoms with E-state index in [1.165, 1.54) is 11.8 Å². The van der Waals surface area contributed by atoms with E-state index in [4.69, 9.17) is 9.15 Å². The molecule has 4 aromatic rings. The van der Waals surface area contributed by atoms with Gasteiger partial charge in [0.25, 0.3) is 0 Å². The molecular weight excluding hydrogens is 452 g/mol. The lowest BCUT2D eigenvalue weighted by Crippen LogP contribution is -2.15. The SMILES string of the molecule is CCOC(=O)c1ccc(NC(=O)CSc2nnc(-c3ccccc3C)n2Cc2ccco2)cc1. The molecule has 4 rings (SSSR count). The van der Waals surface area contributed by atoms with E-state index in [-0.39, 0.29) is 11.7 Å².